The number of aliphatic hydroxyl groups is 1. The van der Waals surface area contributed by atoms with Gasteiger partial charge in [-0.05, 0) is 0 Å². The van der Waals surface area contributed by atoms with Gasteiger partial charge in [-0.1, -0.05) is 0 Å². The van der Waals surface area contributed by atoms with Crippen molar-refractivity contribution in [1.29, 1.82) is 0 Å². The number of phosphoric acid groups is 1. The van der Waals surface area contributed by atoms with Gasteiger partial charge in [-0.15, -0.1) is 0 Å². The van der Waals surface area contributed by atoms with Gasteiger partial charge in [0.2, 0.25) is 5.95 Å². The summed E-state index contributed by atoms with van der Waals surface area (Å²) in [6, 6.07) is 0. The second kappa shape index (κ2) is 4.84. The van der Waals surface area contributed by atoms with Crippen LogP contribution in [0.25, 0.3) is 11.2 Å². The molecule has 4 heterocycles. The molecule has 0 radical (unpaired) electrons. The Hall–Kier alpha value is -1.82. The molecule has 0 spiro atoms. The van der Waals surface area contributed by atoms with Gasteiger partial charge in [0, 0.05) is 0 Å². The average Bonchev–Trinajstić information content (AvgIpc) is 3.00. The molecule has 124 valence electrons. The van der Waals surface area contributed by atoms with Crippen LogP contribution in [0.2, 0.25) is 0 Å². The number of phosphoric ester groups is 1. The Labute approximate surface area is 127 Å². The fourth-order valence-corrected chi connectivity index (χ4v) is 3.66. The Morgan fingerprint density at radius 3 is 3.09 bits per heavy atom. The average molecular weight is 345 g/mol. The largest absolute Gasteiger partial charge is 0.472 e. The lowest BCUT2D eigenvalue weighted by molar-refractivity contribution is -0.0664. The van der Waals surface area contributed by atoms with E-state index in [1.165, 1.54) is 10.9 Å². The van der Waals surface area contributed by atoms with Crippen molar-refractivity contribution >= 4 is 24.9 Å². The van der Waals surface area contributed by atoms with Gasteiger partial charge in [0.1, 0.15) is 18.3 Å². The number of aromatic amines is 1. The first kappa shape index (κ1) is 14.8. The van der Waals surface area contributed by atoms with Gasteiger partial charge in [0.15, 0.2) is 17.4 Å². The zero-order chi connectivity index (χ0) is 16.4. The zero-order valence-corrected chi connectivity index (χ0v) is 12.3. The first-order valence-corrected chi connectivity index (χ1v) is 8.07. The van der Waals surface area contributed by atoms with Crippen molar-refractivity contribution < 1.29 is 28.3 Å². The van der Waals surface area contributed by atoms with E-state index in [0.29, 0.717) is 0 Å². The second-order valence-corrected chi connectivity index (χ2v) is 6.57. The van der Waals surface area contributed by atoms with Crippen molar-refractivity contribution in [2.24, 2.45) is 0 Å². The highest BCUT2D eigenvalue weighted by Gasteiger charge is 2.52. The molecule has 5 atom stereocenters. The van der Waals surface area contributed by atoms with E-state index in [1.54, 1.807) is 0 Å². The summed E-state index contributed by atoms with van der Waals surface area (Å²) in [6.07, 6.45) is -2.85. The molecule has 2 aliphatic rings. The van der Waals surface area contributed by atoms with Gasteiger partial charge in [-0.25, -0.2) is 9.55 Å². The summed E-state index contributed by atoms with van der Waals surface area (Å²) in [4.78, 5) is 31.3. The van der Waals surface area contributed by atoms with E-state index in [0.717, 1.165) is 0 Å². The minimum Gasteiger partial charge on any atom is -0.386 e. The maximum absolute atomic E-state index is 11.8. The molecule has 0 aliphatic carbocycles. The maximum Gasteiger partial charge on any atom is 0.472 e. The summed E-state index contributed by atoms with van der Waals surface area (Å²) in [5.41, 5.74) is 5.12. The molecule has 4 rings (SSSR count). The van der Waals surface area contributed by atoms with Crippen molar-refractivity contribution in [2.75, 3.05) is 12.3 Å². The fourth-order valence-electron chi connectivity index (χ4n) is 2.69. The number of nitrogen functional groups attached to an aromatic ring is 1. The van der Waals surface area contributed by atoms with Crippen molar-refractivity contribution in [3.63, 3.8) is 0 Å². The Kier molecular flexibility index (Phi) is 3.10. The van der Waals surface area contributed by atoms with Crippen LogP contribution in [0.5, 0.6) is 0 Å². The summed E-state index contributed by atoms with van der Waals surface area (Å²) in [5.74, 6) is -0.117. The lowest BCUT2D eigenvalue weighted by atomic mass is 10.1. The number of rotatable bonds is 1. The molecule has 2 fully saturated rings. The predicted octanol–water partition coefficient (Wildman–Crippen LogP) is -1.52. The van der Waals surface area contributed by atoms with E-state index >= 15 is 0 Å². The zero-order valence-electron chi connectivity index (χ0n) is 11.4. The van der Waals surface area contributed by atoms with Gasteiger partial charge in [0.05, 0.1) is 12.9 Å². The van der Waals surface area contributed by atoms with Crippen molar-refractivity contribution in [1.82, 2.24) is 19.5 Å². The third-order valence-corrected chi connectivity index (χ3v) is 4.68. The fraction of sp³-hybridized carbons (Fsp3) is 0.500. The molecule has 2 aromatic rings. The van der Waals surface area contributed by atoms with Crippen LogP contribution in [0, 0.1) is 0 Å². The molecular formula is C10H12N5O7P. The summed E-state index contributed by atoms with van der Waals surface area (Å²) in [7, 11) is -4.22. The summed E-state index contributed by atoms with van der Waals surface area (Å²) >= 11 is 0. The molecule has 23 heavy (non-hydrogen) atoms. The van der Waals surface area contributed by atoms with Gasteiger partial charge in [-0.3, -0.25) is 23.4 Å². The first-order valence-electron chi connectivity index (χ1n) is 6.57. The molecule has 2 saturated heterocycles. The molecule has 2 aliphatic heterocycles. The predicted molar refractivity (Wildman–Crippen MR) is 73.1 cm³/mol. The number of nitrogens with one attached hydrogen (secondary N) is 1. The monoisotopic (exact) mass is 345 g/mol. The van der Waals surface area contributed by atoms with Crippen LogP contribution in [0.15, 0.2) is 11.1 Å². The summed E-state index contributed by atoms with van der Waals surface area (Å²) in [6.45, 7) is -0.214. The van der Waals surface area contributed by atoms with E-state index in [9.17, 15) is 19.4 Å². The number of hydrogen-bond acceptors (Lipinski definition) is 9. The number of fused-ring (bicyclic) bond motifs is 2. The van der Waals surface area contributed by atoms with Crippen LogP contribution in [0.4, 0.5) is 5.95 Å². The van der Waals surface area contributed by atoms with Gasteiger partial charge in [-0.2, -0.15) is 4.98 Å². The molecule has 1 unspecified atom stereocenters. The normalized spacial score (nSPS) is 37.1. The van der Waals surface area contributed by atoms with Gasteiger partial charge in [0.25, 0.3) is 5.56 Å². The van der Waals surface area contributed by atoms with Gasteiger partial charge >= 0.3 is 7.82 Å². The smallest absolute Gasteiger partial charge is 0.386 e. The number of anilines is 1. The molecule has 0 bridgehead atoms. The SMILES string of the molecule is Nc1nc2c(ncn2[C@H]2O[C@H]3COP(=O)(O)O[C@@H]3[C@H]2O)c(=O)[nH]1. The highest BCUT2D eigenvalue weighted by atomic mass is 31.2. The maximum atomic E-state index is 11.8. The first-order chi connectivity index (χ1) is 10.9. The minimum absolute atomic E-state index is 0.0230. The highest BCUT2D eigenvalue weighted by molar-refractivity contribution is 7.47. The summed E-state index contributed by atoms with van der Waals surface area (Å²) in [5, 5.41) is 10.4. The molecule has 13 heteroatoms. The van der Waals surface area contributed by atoms with Crippen LogP contribution in [-0.4, -0.2) is 54.4 Å². The minimum atomic E-state index is -4.22. The van der Waals surface area contributed by atoms with Crippen LogP contribution in [0.3, 0.4) is 0 Å². The molecule has 0 saturated carbocycles. The number of imidazole rings is 1. The molecular weight excluding hydrogens is 333 g/mol. The molecule has 2 aromatic heterocycles. The van der Waals surface area contributed by atoms with E-state index in [1.807, 2.05) is 0 Å². The number of hydrogen-bond donors (Lipinski definition) is 4. The van der Waals surface area contributed by atoms with E-state index in [4.69, 9.17) is 15.0 Å². The lowest BCUT2D eigenvalue weighted by Gasteiger charge is -2.27. The second-order valence-electron chi connectivity index (χ2n) is 5.17. The summed E-state index contributed by atoms with van der Waals surface area (Å²) < 4.78 is 27.9. The Bertz CT molecular complexity index is 880. The van der Waals surface area contributed by atoms with Crippen LogP contribution < -0.4 is 11.3 Å². The number of aliphatic hydroxyl groups excluding tert-OH is 1. The Morgan fingerprint density at radius 2 is 2.30 bits per heavy atom. The molecule has 0 aromatic carbocycles. The van der Waals surface area contributed by atoms with Crippen molar-refractivity contribution in [2.45, 2.75) is 24.5 Å². The van der Waals surface area contributed by atoms with Crippen LogP contribution in [-0.2, 0) is 18.3 Å². The van der Waals surface area contributed by atoms with Crippen LogP contribution >= 0.6 is 7.82 Å². The molecule has 12 nitrogen and oxygen atoms in total. The Morgan fingerprint density at radius 1 is 1.52 bits per heavy atom. The van der Waals surface area contributed by atoms with E-state index in [2.05, 4.69) is 19.5 Å². The lowest BCUT2D eigenvalue weighted by Crippen LogP contribution is -2.39. The van der Waals surface area contributed by atoms with Crippen LogP contribution in [0.1, 0.15) is 6.23 Å². The van der Waals surface area contributed by atoms with Crippen molar-refractivity contribution in [3.05, 3.63) is 16.7 Å². The third kappa shape index (κ3) is 2.27. The number of aromatic nitrogens is 4. The topological polar surface area (TPSA) is 175 Å². The molecule has 5 N–H and O–H groups in total. The number of nitrogens with zero attached hydrogens (tertiary/aromatic N) is 3. The quantitative estimate of drug-likeness (QED) is 0.444. The standard InChI is InChI=1S/C10H12N5O7P/c11-10-13-7-4(8(17)14-10)12-2-15(7)9-5(16)6-3(21-9)1-20-23(18,19)22-6/h2-3,5-6,9,16H,1H2,(H,18,19)(H3,11,13,14,17)/t3-,5+,6-,9-/m0/s1. The Balaban J connectivity index is 1.75. The van der Waals surface area contributed by atoms with Gasteiger partial charge < -0.3 is 20.5 Å². The number of nitrogens with two attached hydrogens (primary N) is 1. The van der Waals surface area contributed by atoms with E-state index < -0.39 is 37.9 Å². The number of ether oxygens (including phenoxy) is 1. The molecule has 0 amide bonds. The number of H-pyrrole nitrogens is 1. The highest BCUT2D eigenvalue weighted by Crippen LogP contribution is 2.52. The van der Waals surface area contributed by atoms with Crippen molar-refractivity contribution in [3.8, 4) is 0 Å². The third-order valence-electron chi connectivity index (χ3n) is 3.69. The van der Waals surface area contributed by atoms with E-state index in [-0.39, 0.29) is 23.7 Å².